The molecular formula is C30H37ClN4O6S. The second-order valence-corrected chi connectivity index (χ2v) is 11.9. The van der Waals surface area contributed by atoms with Crippen LogP contribution in [0.3, 0.4) is 0 Å². The third-order valence-corrected chi connectivity index (χ3v) is 8.77. The van der Waals surface area contributed by atoms with Crippen molar-refractivity contribution in [3.05, 3.63) is 71.3 Å². The van der Waals surface area contributed by atoms with Gasteiger partial charge in [-0.1, -0.05) is 37.3 Å². The van der Waals surface area contributed by atoms with Crippen molar-refractivity contribution in [1.29, 1.82) is 0 Å². The minimum absolute atomic E-state index is 0. The number of ether oxygens (including phenoxy) is 1. The SMILES string of the molecule is CCCS(=O)(=O)NC(=O)c1cccc2c(CN3C(=O)C(NC(=O)C(C)NC)CCc4ccccc43)c(OC)ccc12.Cl. The van der Waals surface area contributed by atoms with Gasteiger partial charge < -0.3 is 20.3 Å². The standard InChI is InChI=1S/C30H36N4O6S.ClH/c1-5-17-41(38,39)33-29(36)23-11-8-10-21-22(23)14-16-27(40-4)24(21)18-34-26-12-7-6-9-20(26)13-15-25(30(34)37)32-28(35)19(2)31-3;/h6-12,14,16,19,25,31H,5,13,15,17-18H2,1-4H3,(H,32,35)(H,33,36);1H. The number of benzene rings is 3. The van der Waals surface area contributed by atoms with Crippen LogP contribution in [0.5, 0.6) is 5.75 Å². The highest BCUT2D eigenvalue weighted by atomic mass is 35.5. The van der Waals surface area contributed by atoms with Crippen LogP contribution in [0, 0.1) is 0 Å². The molecule has 0 saturated carbocycles. The summed E-state index contributed by atoms with van der Waals surface area (Å²) < 4.78 is 32.4. The van der Waals surface area contributed by atoms with Crippen molar-refractivity contribution in [1.82, 2.24) is 15.4 Å². The normalized spacial score (nSPS) is 15.7. The Morgan fingerprint density at radius 2 is 1.81 bits per heavy atom. The molecule has 0 aromatic heterocycles. The molecule has 3 N–H and O–H groups in total. The van der Waals surface area contributed by atoms with Gasteiger partial charge in [-0.2, -0.15) is 0 Å². The molecule has 4 rings (SSSR count). The first-order chi connectivity index (χ1) is 19.6. The van der Waals surface area contributed by atoms with E-state index in [1.807, 2.05) is 30.3 Å². The Labute approximate surface area is 252 Å². The van der Waals surface area contributed by atoms with Crippen molar-refractivity contribution in [2.45, 2.75) is 51.7 Å². The number of carbonyl (C=O) groups is 3. The molecule has 0 aliphatic carbocycles. The van der Waals surface area contributed by atoms with Gasteiger partial charge in [-0.15, -0.1) is 12.4 Å². The van der Waals surface area contributed by atoms with Gasteiger partial charge in [0.05, 0.1) is 25.4 Å². The fourth-order valence-electron chi connectivity index (χ4n) is 5.07. The maximum atomic E-state index is 14.0. The Kier molecular flexibility index (Phi) is 10.9. The number of aryl methyl sites for hydroxylation is 1. The molecule has 1 aliphatic heterocycles. The molecule has 3 amide bonds. The molecular weight excluding hydrogens is 580 g/mol. The predicted octanol–water partition coefficient (Wildman–Crippen LogP) is 3.31. The van der Waals surface area contributed by atoms with Crippen LogP contribution >= 0.6 is 12.4 Å². The number of halogens is 1. The van der Waals surface area contributed by atoms with Crippen LogP contribution in [0.4, 0.5) is 5.69 Å². The van der Waals surface area contributed by atoms with Crippen LogP contribution in [0.15, 0.2) is 54.6 Å². The highest BCUT2D eigenvalue weighted by molar-refractivity contribution is 7.90. The predicted molar refractivity (Wildman–Crippen MR) is 166 cm³/mol. The first-order valence-corrected chi connectivity index (χ1v) is 15.3. The quantitative estimate of drug-likeness (QED) is 0.318. The number of hydrogen-bond acceptors (Lipinski definition) is 7. The molecule has 0 spiro atoms. The lowest BCUT2D eigenvalue weighted by Gasteiger charge is -2.28. The summed E-state index contributed by atoms with van der Waals surface area (Å²) in [6.45, 7) is 3.55. The number of methoxy groups -OCH3 is 1. The molecule has 1 aliphatic rings. The first-order valence-electron chi connectivity index (χ1n) is 13.6. The summed E-state index contributed by atoms with van der Waals surface area (Å²) in [6.07, 6.45) is 1.42. The van der Waals surface area contributed by atoms with Gasteiger partial charge in [-0.05, 0) is 73.8 Å². The third kappa shape index (κ3) is 7.03. The lowest BCUT2D eigenvalue weighted by Crippen LogP contribution is -2.52. The van der Waals surface area contributed by atoms with Crippen molar-refractivity contribution in [2.75, 3.05) is 24.8 Å². The van der Waals surface area contributed by atoms with Gasteiger partial charge in [0, 0.05) is 16.8 Å². The molecule has 0 bridgehead atoms. The molecule has 0 fully saturated rings. The van der Waals surface area contributed by atoms with Crippen molar-refractivity contribution < 1.29 is 27.5 Å². The van der Waals surface area contributed by atoms with Crippen LogP contribution in [-0.4, -0.2) is 58.1 Å². The largest absolute Gasteiger partial charge is 0.496 e. The molecule has 226 valence electrons. The number of anilines is 1. The number of amides is 3. The summed E-state index contributed by atoms with van der Waals surface area (Å²) in [5.74, 6) is -0.909. The molecule has 10 nitrogen and oxygen atoms in total. The van der Waals surface area contributed by atoms with Crippen molar-refractivity contribution >= 4 is 56.6 Å². The molecule has 3 aromatic rings. The Balaban J connectivity index is 0.00000484. The minimum atomic E-state index is -3.78. The van der Waals surface area contributed by atoms with Crippen molar-refractivity contribution in [3.63, 3.8) is 0 Å². The molecule has 1 heterocycles. The molecule has 2 unspecified atom stereocenters. The van der Waals surface area contributed by atoms with Gasteiger partial charge in [0.1, 0.15) is 11.8 Å². The fourth-order valence-corrected chi connectivity index (χ4v) is 6.10. The molecule has 2 atom stereocenters. The molecule has 0 saturated heterocycles. The van der Waals surface area contributed by atoms with Gasteiger partial charge in [0.15, 0.2) is 0 Å². The first kappa shape index (κ1) is 32.8. The fraction of sp³-hybridized carbons (Fsp3) is 0.367. The average Bonchev–Trinajstić information content (AvgIpc) is 3.08. The smallest absolute Gasteiger partial charge is 0.265 e. The minimum Gasteiger partial charge on any atom is -0.496 e. The van der Waals surface area contributed by atoms with E-state index in [4.69, 9.17) is 4.74 Å². The van der Waals surface area contributed by atoms with Crippen LogP contribution in [0.2, 0.25) is 0 Å². The number of fused-ring (bicyclic) bond motifs is 2. The summed E-state index contributed by atoms with van der Waals surface area (Å²) in [7, 11) is -0.569. The highest BCUT2D eigenvalue weighted by Crippen LogP contribution is 2.35. The Bertz CT molecular complexity index is 1580. The number of nitrogens with one attached hydrogen (secondary N) is 3. The Hall–Kier alpha value is -3.67. The maximum Gasteiger partial charge on any atom is 0.265 e. The van der Waals surface area contributed by atoms with Crippen molar-refractivity contribution in [3.8, 4) is 5.75 Å². The van der Waals surface area contributed by atoms with Gasteiger partial charge in [0.2, 0.25) is 21.8 Å². The zero-order valence-corrected chi connectivity index (χ0v) is 25.7. The number of rotatable bonds is 10. The zero-order valence-electron chi connectivity index (χ0n) is 24.1. The second kappa shape index (κ2) is 14.0. The van der Waals surface area contributed by atoms with E-state index in [1.54, 1.807) is 50.1 Å². The van der Waals surface area contributed by atoms with E-state index in [1.165, 1.54) is 7.11 Å². The number of carbonyl (C=O) groups excluding carboxylic acids is 3. The molecule has 0 radical (unpaired) electrons. The van der Waals surface area contributed by atoms with Crippen LogP contribution in [0.1, 0.15) is 48.2 Å². The van der Waals surface area contributed by atoms with Crippen molar-refractivity contribution in [2.24, 2.45) is 0 Å². The van der Waals surface area contributed by atoms with Gasteiger partial charge in [-0.3, -0.25) is 14.4 Å². The average molecular weight is 617 g/mol. The molecule has 42 heavy (non-hydrogen) atoms. The monoisotopic (exact) mass is 616 g/mol. The van der Waals surface area contributed by atoms with Crippen LogP contribution < -0.4 is 25.0 Å². The van der Waals surface area contributed by atoms with E-state index in [0.29, 0.717) is 41.3 Å². The van der Waals surface area contributed by atoms with E-state index >= 15 is 0 Å². The summed E-state index contributed by atoms with van der Waals surface area (Å²) >= 11 is 0. The van der Waals surface area contributed by atoms with Gasteiger partial charge in [0.25, 0.3) is 5.91 Å². The summed E-state index contributed by atoms with van der Waals surface area (Å²) in [4.78, 5) is 41.4. The lowest BCUT2D eigenvalue weighted by atomic mass is 9.98. The number of nitrogens with zero attached hydrogens (tertiary/aromatic N) is 1. The van der Waals surface area contributed by atoms with Gasteiger partial charge >= 0.3 is 0 Å². The molecule has 12 heteroatoms. The van der Waals surface area contributed by atoms with Crippen LogP contribution in [0.25, 0.3) is 10.8 Å². The summed E-state index contributed by atoms with van der Waals surface area (Å²) in [5.41, 5.74) is 2.55. The topological polar surface area (TPSA) is 134 Å². The Morgan fingerprint density at radius 3 is 2.50 bits per heavy atom. The Morgan fingerprint density at radius 1 is 1.07 bits per heavy atom. The maximum absolute atomic E-state index is 14.0. The highest BCUT2D eigenvalue weighted by Gasteiger charge is 2.33. The third-order valence-electron chi connectivity index (χ3n) is 7.32. The second-order valence-electron chi connectivity index (χ2n) is 10.1. The van der Waals surface area contributed by atoms with E-state index in [2.05, 4.69) is 15.4 Å². The van der Waals surface area contributed by atoms with E-state index < -0.39 is 28.0 Å². The van der Waals surface area contributed by atoms with E-state index in [9.17, 15) is 22.8 Å². The zero-order chi connectivity index (χ0) is 29.7. The van der Waals surface area contributed by atoms with Crippen LogP contribution in [-0.2, 0) is 32.6 Å². The van der Waals surface area contributed by atoms with E-state index in [0.717, 1.165) is 11.3 Å². The number of sulfonamides is 1. The number of hydrogen-bond donors (Lipinski definition) is 3. The number of para-hydroxylation sites is 1. The van der Waals surface area contributed by atoms with Gasteiger partial charge in [-0.25, -0.2) is 13.1 Å². The summed E-state index contributed by atoms with van der Waals surface area (Å²) in [5, 5.41) is 6.96. The lowest BCUT2D eigenvalue weighted by molar-refractivity contribution is -0.128. The van der Waals surface area contributed by atoms with E-state index in [-0.39, 0.29) is 42.1 Å². The molecule has 3 aromatic carbocycles. The number of likely N-dealkylation sites (N-methyl/N-ethyl adjacent to an activating group) is 1. The summed E-state index contributed by atoms with van der Waals surface area (Å²) in [6, 6.07) is 14.9.